The van der Waals surface area contributed by atoms with Gasteiger partial charge in [0.15, 0.2) is 33.2 Å². The number of hydrogen-bond acceptors (Lipinski definition) is 5. The third-order valence-corrected chi connectivity index (χ3v) is 28.5. The molecule has 10 aromatic rings. The Morgan fingerprint density at radius 3 is 0.457 bits per heavy atom. The van der Waals surface area contributed by atoms with Crippen molar-refractivity contribution >= 4 is 190 Å². The van der Waals surface area contributed by atoms with Gasteiger partial charge < -0.3 is 0 Å². The fraction of sp³-hybridized carbons (Fsp3) is 0.206. The van der Waals surface area contributed by atoms with Crippen molar-refractivity contribution in [3.63, 3.8) is 0 Å². The number of hydrogen-bond donors (Lipinski definition) is 0. The minimum atomic E-state index is -0.750. The zero-order valence-electron chi connectivity index (χ0n) is 73.2. The summed E-state index contributed by atoms with van der Waals surface area (Å²) in [4.78, 5) is 58.1. The molecule has 2 aliphatic carbocycles. The fourth-order valence-electron chi connectivity index (χ4n) is 11.6. The van der Waals surface area contributed by atoms with E-state index >= 15 is 0 Å². The molecule has 0 saturated heterocycles. The molecular weight excluding hydrogens is 2450 g/mol. The van der Waals surface area contributed by atoms with Crippen molar-refractivity contribution in [1.29, 1.82) is 0 Å². The zero-order chi connectivity index (χ0) is 89.8. The maximum atomic E-state index is 11.6. The quantitative estimate of drug-likeness (QED) is 0.0292. The second kappa shape index (κ2) is 84.4. The Morgan fingerprint density at radius 2 is 0.364 bits per heavy atom. The van der Waals surface area contributed by atoms with Gasteiger partial charge in [-0.2, -0.15) is 0 Å². The van der Waals surface area contributed by atoms with Gasteiger partial charge in [0, 0.05) is 123 Å². The van der Waals surface area contributed by atoms with Gasteiger partial charge in [0.1, 0.15) is 14.5 Å². The standard InChI is InChI=1S/5C17H14O.2C10H20ClP.CHCl3.CH5P.2ClH.7Pd/c5*18-17(13-11-15-7-3-1-4-8-15)14-12-16-9-5-2-6-10-16;2*1-10(2,3)12(11)9-7-5-4-6-8-9;2-1(3)4;1-2;;;;;;;;;/h5*1-14H;2*9H,4-8H2,1-3H3;1H;2H2,1H3;2*1H;;;;;;;/q;;;;;;;;;;;;;;;;;+2/b5*13-11+,14-12+;;;;;;;;;;;;;. The van der Waals surface area contributed by atoms with Gasteiger partial charge >= 0.3 is 35.0 Å². The van der Waals surface area contributed by atoms with Crippen molar-refractivity contribution in [2.24, 2.45) is 0 Å². The first kappa shape index (κ1) is 131. The van der Waals surface area contributed by atoms with Crippen LogP contribution in [0, 0.1) is 0 Å². The molecule has 22 heteroatoms. The summed E-state index contributed by atoms with van der Waals surface area (Å²) in [5.74, 6) is -0.0569. The normalized spacial score (nSPS) is 12.7. The van der Waals surface area contributed by atoms with Crippen LogP contribution in [0.1, 0.15) is 161 Å². The van der Waals surface area contributed by atoms with E-state index in [2.05, 4.69) is 50.8 Å². The number of ketones is 5. The summed E-state index contributed by atoms with van der Waals surface area (Å²) in [6.07, 6.45) is 48.1. The number of carbonyl (C=O) groups excluding carboxylic acids is 5. The minimum absolute atomic E-state index is 0. The molecule has 0 heterocycles. The molecular formula is C107H118Cl7O5P3Pd7+2. The maximum absolute atomic E-state index is 11.6. The smallest absolute Gasteiger partial charge is 0 e. The molecule has 12 rings (SSSR count). The summed E-state index contributed by atoms with van der Waals surface area (Å²) >= 11 is 27.4. The topological polar surface area (TPSA) is 85.3 Å². The third kappa shape index (κ3) is 70.2. The van der Waals surface area contributed by atoms with Crippen LogP contribution in [0.15, 0.2) is 364 Å². The van der Waals surface area contributed by atoms with Crippen LogP contribution in [0.3, 0.4) is 0 Å². The molecule has 2 fully saturated rings. The van der Waals surface area contributed by atoms with E-state index < -0.39 is 18.8 Å². The van der Waals surface area contributed by atoms with E-state index in [1.807, 2.05) is 371 Å². The molecule has 5 nitrogen and oxygen atoms in total. The Morgan fingerprint density at radius 1 is 0.264 bits per heavy atom. The largest absolute Gasteiger partial charge is 0 e. The third-order valence-electron chi connectivity index (χ3n) is 17.8. The first-order valence-corrected chi connectivity index (χ1v) is 52.4. The summed E-state index contributed by atoms with van der Waals surface area (Å²) in [7, 11) is 10.8. The number of benzene rings is 10. The van der Waals surface area contributed by atoms with Crippen molar-refractivity contribution in [2.45, 2.75) is 132 Å². The molecule has 129 heavy (non-hydrogen) atoms. The molecule has 3 atom stereocenters. The van der Waals surface area contributed by atoms with Crippen molar-refractivity contribution in [3.8, 4) is 0 Å². The molecule has 10 aromatic carbocycles. The van der Waals surface area contributed by atoms with Gasteiger partial charge in [-0.1, -0.05) is 418 Å². The maximum Gasteiger partial charge on any atom is 0 e. The van der Waals surface area contributed by atoms with Gasteiger partial charge in [0.05, 0.1) is 44.1 Å². The summed E-state index contributed by atoms with van der Waals surface area (Å²) in [6, 6.07) is 97.8. The van der Waals surface area contributed by atoms with Crippen LogP contribution in [0.5, 0.6) is 0 Å². The van der Waals surface area contributed by atoms with Crippen LogP contribution < -0.4 is 0 Å². The first-order chi connectivity index (χ1) is 59.4. The van der Waals surface area contributed by atoms with Gasteiger partial charge in [0.2, 0.25) is 0 Å². The van der Waals surface area contributed by atoms with E-state index in [1.165, 1.54) is 64.2 Å². The monoisotopic (exact) mass is 2560 g/mol. The summed E-state index contributed by atoms with van der Waals surface area (Å²) in [6.45, 7) is 15.7. The minimum Gasteiger partial charge on any atom is 0 e. The van der Waals surface area contributed by atoms with Crippen molar-refractivity contribution in [1.82, 2.24) is 0 Å². The molecule has 0 radical (unpaired) electrons. The molecule has 0 bridgehead atoms. The van der Waals surface area contributed by atoms with Gasteiger partial charge in [-0.25, -0.2) is 0 Å². The SMILES string of the molecule is CC(C)(C)[PH+](Cl)C1CCCCC1.CC(C)(C)[PH+](Cl)C1CCCCC1.CP.ClC(Cl)Cl.O=C(/C=C/c1ccccc1)/C=C/c1ccccc1.O=C(/C=C/c1ccccc1)/C=C/c1ccccc1.O=C(/C=C/c1ccccc1)/C=C/c1ccccc1.O=C(/C=C/c1ccccc1)/C=C/c1ccccc1.O=C(/C=C/c1ccccc1)/C=C/c1ccccc1.[Cl][Pd][Cl].[Pd].[Pd].[Pd].[Pd].[Pd].[Pd]. The Hall–Kier alpha value is -4.09. The first-order valence-electron chi connectivity index (χ1n) is 40.8. The van der Waals surface area contributed by atoms with E-state index in [9.17, 15) is 24.0 Å². The van der Waals surface area contributed by atoms with Gasteiger partial charge in [0.25, 0.3) is 0 Å². The second-order valence-corrected chi connectivity index (χ2v) is 42.4. The molecule has 2 saturated carbocycles. The number of halogens is 7. The number of allylic oxidation sites excluding steroid dienone is 10. The van der Waals surface area contributed by atoms with Crippen LogP contribution in [0.2, 0.25) is 0 Å². The molecule has 0 N–H and O–H groups in total. The predicted octanol–water partition coefficient (Wildman–Crippen LogP) is 32.7. The van der Waals surface area contributed by atoms with E-state index in [-0.39, 0.29) is 167 Å². The Balaban J connectivity index is -0.000000693. The number of alkyl halides is 3. The Kier molecular flexibility index (Phi) is 85.8. The van der Waals surface area contributed by atoms with Crippen LogP contribution >= 0.6 is 100 Å². The van der Waals surface area contributed by atoms with Gasteiger partial charge in [-0.3, -0.25) is 24.0 Å². The fourth-order valence-corrected chi connectivity index (χ4v) is 17.2. The number of carbonyl (C=O) groups is 5. The molecule has 0 aliphatic heterocycles. The summed E-state index contributed by atoms with van der Waals surface area (Å²) in [5.41, 5.74) is 12.0. The zero-order valence-corrected chi connectivity index (χ0v) is 92.5. The Bertz CT molecular complexity index is 3880. The van der Waals surface area contributed by atoms with Crippen molar-refractivity contribution in [3.05, 3.63) is 420 Å². The summed E-state index contributed by atoms with van der Waals surface area (Å²) < 4.78 is -0.750. The molecule has 0 spiro atoms. The van der Waals surface area contributed by atoms with Gasteiger partial charge in [-0.15, -0.1) is 9.24 Å². The van der Waals surface area contributed by atoms with Gasteiger partial charge in [-0.05, 0) is 209 Å². The summed E-state index contributed by atoms with van der Waals surface area (Å²) in [5, 5.41) is 0.766. The molecule has 0 amide bonds. The van der Waals surface area contributed by atoms with E-state index in [0.29, 0.717) is 10.3 Å². The van der Waals surface area contributed by atoms with E-state index in [1.54, 1.807) is 60.8 Å². The van der Waals surface area contributed by atoms with E-state index in [0.717, 1.165) is 67.0 Å². The van der Waals surface area contributed by atoms with Crippen molar-refractivity contribution < 1.29 is 162 Å². The average Bonchev–Trinajstić information content (AvgIpc) is 0.862. The Labute approximate surface area is 899 Å². The van der Waals surface area contributed by atoms with Crippen LogP contribution in [0.25, 0.3) is 60.8 Å². The number of rotatable bonds is 22. The van der Waals surface area contributed by atoms with Crippen LogP contribution in [-0.4, -0.2) is 61.5 Å². The second-order valence-electron chi connectivity index (χ2n) is 29.6. The van der Waals surface area contributed by atoms with Crippen LogP contribution in [-0.2, 0) is 162 Å². The molecule has 2 aliphatic rings. The van der Waals surface area contributed by atoms with E-state index in [4.69, 9.17) is 76.3 Å². The average molecular weight is 2570 g/mol. The molecule has 708 valence electrons. The molecule has 0 aromatic heterocycles. The molecule has 3 unspecified atom stereocenters. The van der Waals surface area contributed by atoms with Crippen LogP contribution in [0.4, 0.5) is 0 Å². The van der Waals surface area contributed by atoms with Crippen molar-refractivity contribution in [2.75, 3.05) is 6.66 Å². The predicted molar refractivity (Wildman–Crippen MR) is 550 cm³/mol.